The number of esters is 1. The Morgan fingerprint density at radius 3 is 2.42 bits per heavy atom. The van der Waals surface area contributed by atoms with Crippen molar-refractivity contribution >= 4 is 33.3 Å². The fourth-order valence-electron chi connectivity index (χ4n) is 3.48. The summed E-state index contributed by atoms with van der Waals surface area (Å²) in [5, 5.41) is 2.68. The van der Waals surface area contributed by atoms with E-state index in [-0.39, 0.29) is 35.0 Å². The van der Waals surface area contributed by atoms with Gasteiger partial charge in [0.05, 0.1) is 35.0 Å². The number of para-hydroxylation sites is 3. The van der Waals surface area contributed by atoms with Crippen LogP contribution in [0.15, 0.2) is 83.8 Å². The van der Waals surface area contributed by atoms with Crippen molar-refractivity contribution in [3.8, 4) is 5.75 Å². The number of carbonyl (C=O) groups is 2. The second kappa shape index (κ2) is 9.33. The Morgan fingerprint density at radius 1 is 1.00 bits per heavy atom. The van der Waals surface area contributed by atoms with Gasteiger partial charge in [-0.3, -0.25) is 9.10 Å². The lowest BCUT2D eigenvalue weighted by atomic mass is 10.1. The minimum Gasteiger partial charge on any atom is -0.476 e. The van der Waals surface area contributed by atoms with Gasteiger partial charge in [0, 0.05) is 0 Å². The number of nitrogens with zero attached hydrogens (tertiary/aromatic N) is 1. The van der Waals surface area contributed by atoms with E-state index in [1.807, 2.05) is 0 Å². The van der Waals surface area contributed by atoms with Gasteiger partial charge in [-0.1, -0.05) is 42.5 Å². The number of nitrogens with one attached hydrogen (secondary N) is 1. The van der Waals surface area contributed by atoms with Crippen molar-refractivity contribution in [2.75, 3.05) is 22.8 Å². The molecule has 1 amide bonds. The number of amides is 1. The summed E-state index contributed by atoms with van der Waals surface area (Å²) in [6.45, 7) is 1.64. The van der Waals surface area contributed by atoms with Crippen LogP contribution in [0.25, 0.3) is 0 Å². The van der Waals surface area contributed by atoms with Gasteiger partial charge in [0.1, 0.15) is 5.75 Å². The molecule has 0 aliphatic carbocycles. The molecular weight excluding hydrogens is 444 g/mol. The molecule has 1 aliphatic rings. The SMILES string of the molecule is CCOC(=O)c1ccccc1NC(=O)[C@H]1CN(S(=O)(=O)c2ccccc2)c2ccccc2O1. The number of fused-ring (bicyclic) bond motifs is 1. The first-order valence-corrected chi connectivity index (χ1v) is 11.8. The Kier molecular flexibility index (Phi) is 6.32. The number of rotatable bonds is 6. The average molecular weight is 467 g/mol. The minimum absolute atomic E-state index is 0.105. The number of benzene rings is 3. The van der Waals surface area contributed by atoms with Crippen LogP contribution in [0.2, 0.25) is 0 Å². The van der Waals surface area contributed by atoms with Gasteiger partial charge in [0.25, 0.3) is 15.9 Å². The first-order chi connectivity index (χ1) is 15.9. The molecule has 0 bridgehead atoms. The quantitative estimate of drug-likeness (QED) is 0.559. The summed E-state index contributed by atoms with van der Waals surface area (Å²) >= 11 is 0. The molecule has 3 aromatic rings. The van der Waals surface area contributed by atoms with Gasteiger partial charge < -0.3 is 14.8 Å². The van der Waals surface area contributed by atoms with Crippen LogP contribution in [0, 0.1) is 0 Å². The van der Waals surface area contributed by atoms with Crippen molar-refractivity contribution in [1.29, 1.82) is 0 Å². The zero-order valence-electron chi connectivity index (χ0n) is 17.8. The molecule has 170 valence electrons. The molecule has 33 heavy (non-hydrogen) atoms. The molecule has 1 aliphatic heterocycles. The Hall–Kier alpha value is -3.85. The van der Waals surface area contributed by atoms with Gasteiger partial charge in [0.15, 0.2) is 6.10 Å². The van der Waals surface area contributed by atoms with Gasteiger partial charge in [0.2, 0.25) is 0 Å². The van der Waals surface area contributed by atoms with Crippen molar-refractivity contribution in [1.82, 2.24) is 0 Å². The van der Waals surface area contributed by atoms with Crippen LogP contribution in [-0.2, 0) is 19.6 Å². The van der Waals surface area contributed by atoms with Gasteiger partial charge in [-0.05, 0) is 43.3 Å². The van der Waals surface area contributed by atoms with E-state index in [0.717, 1.165) is 0 Å². The van der Waals surface area contributed by atoms with Crippen molar-refractivity contribution in [3.63, 3.8) is 0 Å². The molecule has 3 aromatic carbocycles. The first kappa shape index (κ1) is 22.3. The van der Waals surface area contributed by atoms with Crippen LogP contribution in [0.5, 0.6) is 5.75 Å². The smallest absolute Gasteiger partial charge is 0.340 e. The van der Waals surface area contributed by atoms with E-state index in [1.165, 1.54) is 22.5 Å². The molecule has 1 atom stereocenters. The van der Waals surface area contributed by atoms with E-state index in [2.05, 4.69) is 5.32 Å². The Bertz CT molecular complexity index is 1280. The number of hydrogen-bond donors (Lipinski definition) is 1. The maximum atomic E-state index is 13.4. The third-order valence-electron chi connectivity index (χ3n) is 5.04. The van der Waals surface area contributed by atoms with E-state index in [1.54, 1.807) is 67.6 Å². The highest BCUT2D eigenvalue weighted by molar-refractivity contribution is 7.92. The van der Waals surface area contributed by atoms with Crippen molar-refractivity contribution < 1.29 is 27.5 Å². The molecule has 1 heterocycles. The standard InChI is InChI=1S/C24H22N2O6S/c1-2-31-24(28)18-12-6-7-13-19(18)25-23(27)22-16-26(20-14-8-9-15-21(20)32-22)33(29,30)17-10-4-3-5-11-17/h3-15,22H,2,16H2,1H3,(H,25,27)/t22-/m1/s1. The summed E-state index contributed by atoms with van der Waals surface area (Å²) in [5.41, 5.74) is 0.788. The molecule has 0 radical (unpaired) electrons. The number of sulfonamides is 1. The number of carbonyl (C=O) groups excluding carboxylic acids is 2. The zero-order chi connectivity index (χ0) is 23.4. The molecule has 9 heteroatoms. The van der Waals surface area contributed by atoms with Crippen LogP contribution in [0.1, 0.15) is 17.3 Å². The monoisotopic (exact) mass is 466 g/mol. The molecular formula is C24H22N2O6S. The highest BCUT2D eigenvalue weighted by Crippen LogP contribution is 2.37. The van der Waals surface area contributed by atoms with Crippen LogP contribution in [-0.4, -0.2) is 39.5 Å². The molecule has 0 spiro atoms. The van der Waals surface area contributed by atoms with E-state index < -0.39 is 28.0 Å². The van der Waals surface area contributed by atoms with Crippen molar-refractivity contribution in [3.05, 3.63) is 84.4 Å². The Morgan fingerprint density at radius 2 is 1.67 bits per heavy atom. The molecule has 4 rings (SSSR count). The predicted molar refractivity (Wildman–Crippen MR) is 123 cm³/mol. The number of hydrogen-bond acceptors (Lipinski definition) is 6. The van der Waals surface area contributed by atoms with Gasteiger partial charge in [-0.25, -0.2) is 13.2 Å². The molecule has 0 unspecified atom stereocenters. The van der Waals surface area contributed by atoms with E-state index in [9.17, 15) is 18.0 Å². The maximum Gasteiger partial charge on any atom is 0.340 e. The Labute approximate surface area is 191 Å². The normalized spacial score (nSPS) is 15.2. The van der Waals surface area contributed by atoms with Gasteiger partial charge in [-0.15, -0.1) is 0 Å². The van der Waals surface area contributed by atoms with Gasteiger partial charge in [-0.2, -0.15) is 0 Å². The molecule has 0 aromatic heterocycles. The molecule has 1 N–H and O–H groups in total. The summed E-state index contributed by atoms with van der Waals surface area (Å²) in [7, 11) is -3.94. The average Bonchev–Trinajstić information content (AvgIpc) is 2.84. The highest BCUT2D eigenvalue weighted by Gasteiger charge is 2.37. The van der Waals surface area contributed by atoms with Crippen LogP contribution >= 0.6 is 0 Å². The van der Waals surface area contributed by atoms with Gasteiger partial charge >= 0.3 is 5.97 Å². The summed E-state index contributed by atoms with van der Waals surface area (Å²) < 4.78 is 38.8. The van der Waals surface area contributed by atoms with E-state index in [0.29, 0.717) is 5.69 Å². The fourth-order valence-corrected chi connectivity index (χ4v) is 4.98. The number of anilines is 2. The molecule has 0 fully saturated rings. The summed E-state index contributed by atoms with van der Waals surface area (Å²) in [5.74, 6) is -0.895. The highest BCUT2D eigenvalue weighted by atomic mass is 32.2. The van der Waals surface area contributed by atoms with E-state index >= 15 is 0 Å². The predicted octanol–water partition coefficient (Wildman–Crippen LogP) is 3.46. The van der Waals surface area contributed by atoms with E-state index in [4.69, 9.17) is 9.47 Å². The molecule has 8 nitrogen and oxygen atoms in total. The number of ether oxygens (including phenoxy) is 2. The topological polar surface area (TPSA) is 102 Å². The van der Waals surface area contributed by atoms with Crippen molar-refractivity contribution in [2.45, 2.75) is 17.9 Å². The van der Waals surface area contributed by atoms with Crippen LogP contribution in [0.3, 0.4) is 0 Å². The lowest BCUT2D eigenvalue weighted by Crippen LogP contribution is -2.48. The van der Waals surface area contributed by atoms with Crippen LogP contribution < -0.4 is 14.4 Å². The van der Waals surface area contributed by atoms with Crippen LogP contribution in [0.4, 0.5) is 11.4 Å². The zero-order valence-corrected chi connectivity index (χ0v) is 18.6. The lowest BCUT2D eigenvalue weighted by Gasteiger charge is -2.34. The third-order valence-corrected chi connectivity index (χ3v) is 6.83. The fraction of sp³-hybridized carbons (Fsp3) is 0.167. The Balaban J connectivity index is 1.64. The largest absolute Gasteiger partial charge is 0.476 e. The molecule has 0 saturated carbocycles. The minimum atomic E-state index is -3.94. The second-order valence-electron chi connectivity index (χ2n) is 7.18. The summed E-state index contributed by atoms with van der Waals surface area (Å²) in [6.07, 6.45) is -1.14. The van der Waals surface area contributed by atoms with Crippen molar-refractivity contribution in [2.24, 2.45) is 0 Å². The summed E-state index contributed by atoms with van der Waals surface area (Å²) in [6, 6.07) is 21.1. The lowest BCUT2D eigenvalue weighted by molar-refractivity contribution is -0.122. The first-order valence-electron chi connectivity index (χ1n) is 10.3. The summed E-state index contributed by atoms with van der Waals surface area (Å²) in [4.78, 5) is 25.4. The second-order valence-corrected chi connectivity index (χ2v) is 9.04. The maximum absolute atomic E-state index is 13.4. The molecule has 0 saturated heterocycles. The third kappa shape index (κ3) is 4.54.